The summed E-state index contributed by atoms with van der Waals surface area (Å²) in [7, 11) is 1.76. The van der Waals surface area contributed by atoms with Gasteiger partial charge in [0.15, 0.2) is 5.96 Å². The fraction of sp³-hybridized carbons (Fsp3) is 0.562. The minimum Gasteiger partial charge on any atom is -0.492 e. The molecular formula is C16H25FIN3OS. The van der Waals surface area contributed by atoms with Crippen LogP contribution in [0.4, 0.5) is 4.39 Å². The van der Waals surface area contributed by atoms with E-state index >= 15 is 0 Å². The summed E-state index contributed by atoms with van der Waals surface area (Å²) in [6.45, 7) is 4.26. The Hall–Kier alpha value is -0.700. The molecule has 0 radical (unpaired) electrons. The molecular weight excluding hydrogens is 428 g/mol. The molecule has 1 unspecified atom stereocenters. The lowest BCUT2D eigenvalue weighted by atomic mass is 10.1. The van der Waals surface area contributed by atoms with Gasteiger partial charge >= 0.3 is 0 Å². The first-order valence-corrected chi connectivity index (χ1v) is 8.57. The molecule has 0 aliphatic carbocycles. The van der Waals surface area contributed by atoms with Gasteiger partial charge in [-0.25, -0.2) is 4.39 Å². The number of aliphatic imine (C=N–C) groups is 1. The first kappa shape index (κ1) is 20.3. The molecule has 1 atom stereocenters. The molecule has 0 spiro atoms. The lowest BCUT2D eigenvalue weighted by Crippen LogP contribution is -2.44. The molecule has 2 rings (SSSR count). The highest BCUT2D eigenvalue weighted by molar-refractivity contribution is 14.0. The van der Waals surface area contributed by atoms with E-state index in [0.717, 1.165) is 12.5 Å². The summed E-state index contributed by atoms with van der Waals surface area (Å²) in [5.41, 5.74) is 0. The van der Waals surface area contributed by atoms with Gasteiger partial charge in [-0.1, -0.05) is 6.07 Å². The fourth-order valence-corrected chi connectivity index (χ4v) is 3.61. The minimum atomic E-state index is -0.287. The van der Waals surface area contributed by atoms with Gasteiger partial charge in [0, 0.05) is 24.4 Å². The van der Waals surface area contributed by atoms with E-state index in [2.05, 4.69) is 22.5 Å². The molecule has 7 heteroatoms. The Labute approximate surface area is 159 Å². The standard InChI is InChI=1S/C16H24FN3OS.HI/c1-16(7-4-10-22-16)12-20-15(18-2)19-8-9-21-14-6-3-5-13(17)11-14;/h3,5-6,11H,4,7-10,12H2,1-2H3,(H2,18,19,20);1H. The SMILES string of the molecule is CN=C(NCCOc1cccc(F)c1)NCC1(C)CCCS1.I. The molecule has 0 saturated carbocycles. The van der Waals surface area contributed by atoms with E-state index in [4.69, 9.17) is 4.74 Å². The van der Waals surface area contributed by atoms with Crippen LogP contribution in [0.25, 0.3) is 0 Å². The van der Waals surface area contributed by atoms with Crippen LogP contribution < -0.4 is 15.4 Å². The predicted octanol–water partition coefficient (Wildman–Crippen LogP) is 3.27. The van der Waals surface area contributed by atoms with Crippen molar-refractivity contribution in [2.75, 3.05) is 32.5 Å². The van der Waals surface area contributed by atoms with Gasteiger partial charge in [-0.3, -0.25) is 4.99 Å². The third-order valence-electron chi connectivity index (χ3n) is 3.61. The highest BCUT2D eigenvalue weighted by Gasteiger charge is 2.29. The topological polar surface area (TPSA) is 45.7 Å². The summed E-state index contributed by atoms with van der Waals surface area (Å²) in [6.07, 6.45) is 2.53. The number of hydrogen-bond donors (Lipinski definition) is 2. The number of rotatable bonds is 6. The van der Waals surface area contributed by atoms with Crippen molar-refractivity contribution in [2.45, 2.75) is 24.5 Å². The molecule has 2 N–H and O–H groups in total. The Morgan fingerprint density at radius 2 is 2.26 bits per heavy atom. The van der Waals surface area contributed by atoms with Crippen LogP contribution in [0, 0.1) is 5.82 Å². The van der Waals surface area contributed by atoms with Gasteiger partial charge in [0.2, 0.25) is 0 Å². The van der Waals surface area contributed by atoms with Crippen LogP contribution >= 0.6 is 35.7 Å². The van der Waals surface area contributed by atoms with Crippen LogP contribution in [0.3, 0.4) is 0 Å². The molecule has 1 heterocycles. The number of nitrogens with zero attached hydrogens (tertiary/aromatic N) is 1. The largest absolute Gasteiger partial charge is 0.492 e. The number of hydrogen-bond acceptors (Lipinski definition) is 3. The first-order valence-electron chi connectivity index (χ1n) is 7.58. The van der Waals surface area contributed by atoms with Crippen LogP contribution in [-0.4, -0.2) is 43.2 Å². The van der Waals surface area contributed by atoms with Crippen molar-refractivity contribution in [2.24, 2.45) is 4.99 Å². The zero-order valence-electron chi connectivity index (χ0n) is 13.6. The molecule has 1 aliphatic rings. The lowest BCUT2D eigenvalue weighted by Gasteiger charge is -2.24. The zero-order valence-corrected chi connectivity index (χ0v) is 16.7. The van der Waals surface area contributed by atoms with Gasteiger partial charge in [0.1, 0.15) is 18.2 Å². The van der Waals surface area contributed by atoms with Crippen LogP contribution in [0.2, 0.25) is 0 Å². The number of guanidine groups is 1. The molecule has 23 heavy (non-hydrogen) atoms. The Balaban J connectivity index is 0.00000264. The van der Waals surface area contributed by atoms with Gasteiger partial charge in [0.05, 0.1) is 6.54 Å². The second-order valence-corrected chi connectivity index (χ2v) is 7.24. The summed E-state index contributed by atoms with van der Waals surface area (Å²) < 4.78 is 18.8. The molecule has 130 valence electrons. The van der Waals surface area contributed by atoms with Crippen molar-refractivity contribution >= 4 is 41.7 Å². The van der Waals surface area contributed by atoms with E-state index in [1.807, 2.05) is 11.8 Å². The van der Waals surface area contributed by atoms with E-state index in [1.54, 1.807) is 19.2 Å². The Kier molecular flexibility index (Phi) is 9.04. The number of benzene rings is 1. The monoisotopic (exact) mass is 453 g/mol. The van der Waals surface area contributed by atoms with E-state index in [9.17, 15) is 4.39 Å². The second kappa shape index (κ2) is 10.2. The average Bonchev–Trinajstić information content (AvgIpc) is 2.94. The third kappa shape index (κ3) is 7.15. The quantitative estimate of drug-likeness (QED) is 0.301. The van der Waals surface area contributed by atoms with Crippen LogP contribution in [0.15, 0.2) is 29.3 Å². The molecule has 1 aromatic rings. The molecule has 0 aromatic heterocycles. The molecule has 1 saturated heterocycles. The average molecular weight is 453 g/mol. The Bertz CT molecular complexity index is 510. The number of halogens is 2. The van der Waals surface area contributed by atoms with Crippen LogP contribution in [0.1, 0.15) is 19.8 Å². The van der Waals surface area contributed by atoms with Crippen molar-refractivity contribution in [3.8, 4) is 5.75 Å². The maximum atomic E-state index is 13.0. The van der Waals surface area contributed by atoms with Gasteiger partial charge in [-0.05, 0) is 37.7 Å². The minimum absolute atomic E-state index is 0. The van der Waals surface area contributed by atoms with Crippen molar-refractivity contribution in [3.63, 3.8) is 0 Å². The summed E-state index contributed by atoms with van der Waals surface area (Å²) >= 11 is 2.02. The summed E-state index contributed by atoms with van der Waals surface area (Å²) in [5, 5.41) is 6.57. The third-order valence-corrected chi connectivity index (χ3v) is 5.15. The van der Waals surface area contributed by atoms with Crippen molar-refractivity contribution in [3.05, 3.63) is 30.1 Å². The molecule has 0 bridgehead atoms. The lowest BCUT2D eigenvalue weighted by molar-refractivity contribution is 0.320. The van der Waals surface area contributed by atoms with Crippen molar-refractivity contribution < 1.29 is 9.13 Å². The fourth-order valence-electron chi connectivity index (χ4n) is 2.36. The van der Waals surface area contributed by atoms with Gasteiger partial charge in [-0.15, -0.1) is 24.0 Å². The van der Waals surface area contributed by atoms with Crippen LogP contribution in [-0.2, 0) is 0 Å². The normalized spacial score (nSPS) is 20.7. The van der Waals surface area contributed by atoms with Crippen molar-refractivity contribution in [1.82, 2.24) is 10.6 Å². The van der Waals surface area contributed by atoms with Gasteiger partial charge < -0.3 is 15.4 Å². The van der Waals surface area contributed by atoms with Crippen molar-refractivity contribution in [1.29, 1.82) is 0 Å². The number of nitrogens with one attached hydrogen (secondary N) is 2. The smallest absolute Gasteiger partial charge is 0.191 e. The summed E-state index contributed by atoms with van der Waals surface area (Å²) in [5.74, 6) is 2.27. The van der Waals surface area contributed by atoms with E-state index in [-0.39, 0.29) is 29.8 Å². The van der Waals surface area contributed by atoms with E-state index in [0.29, 0.717) is 23.6 Å². The second-order valence-electron chi connectivity index (χ2n) is 5.56. The first-order chi connectivity index (χ1) is 10.6. The maximum absolute atomic E-state index is 13.0. The molecule has 4 nitrogen and oxygen atoms in total. The molecule has 0 amide bonds. The molecule has 1 aliphatic heterocycles. The van der Waals surface area contributed by atoms with Gasteiger partial charge in [0.25, 0.3) is 0 Å². The molecule has 1 aromatic carbocycles. The Morgan fingerprint density at radius 1 is 1.43 bits per heavy atom. The summed E-state index contributed by atoms with van der Waals surface area (Å²) in [6, 6.07) is 6.16. The highest BCUT2D eigenvalue weighted by Crippen LogP contribution is 2.36. The maximum Gasteiger partial charge on any atom is 0.191 e. The highest BCUT2D eigenvalue weighted by atomic mass is 127. The molecule has 1 fully saturated rings. The predicted molar refractivity (Wildman–Crippen MR) is 107 cm³/mol. The van der Waals surface area contributed by atoms with Gasteiger partial charge in [-0.2, -0.15) is 11.8 Å². The number of thioether (sulfide) groups is 1. The zero-order chi connectivity index (χ0) is 15.8. The van der Waals surface area contributed by atoms with E-state index in [1.165, 1.54) is 30.7 Å². The van der Waals surface area contributed by atoms with E-state index < -0.39 is 0 Å². The van der Waals surface area contributed by atoms with Crippen LogP contribution in [0.5, 0.6) is 5.75 Å². The number of ether oxygens (including phenoxy) is 1. The summed E-state index contributed by atoms with van der Waals surface area (Å²) in [4.78, 5) is 4.21. The Morgan fingerprint density at radius 3 is 2.91 bits per heavy atom.